The molecule has 0 unspecified atom stereocenters. The molecule has 4 rings (SSSR count). The van der Waals surface area contributed by atoms with Crippen molar-refractivity contribution in [1.29, 1.82) is 0 Å². The number of likely N-dealkylation sites (tertiary alicyclic amines) is 2. The van der Waals surface area contributed by atoms with Crippen LogP contribution >= 0.6 is 0 Å². The third-order valence-electron chi connectivity index (χ3n) is 7.02. The highest BCUT2D eigenvalue weighted by Gasteiger charge is 2.27. The van der Waals surface area contributed by atoms with Crippen LogP contribution in [0.5, 0.6) is 5.75 Å². The summed E-state index contributed by atoms with van der Waals surface area (Å²) >= 11 is 0. The summed E-state index contributed by atoms with van der Waals surface area (Å²) in [4.78, 5) is 29.4. The predicted molar refractivity (Wildman–Crippen MR) is 118 cm³/mol. The van der Waals surface area contributed by atoms with Crippen molar-refractivity contribution in [2.45, 2.75) is 64.2 Å². The van der Waals surface area contributed by atoms with E-state index in [0.717, 1.165) is 64.0 Å². The van der Waals surface area contributed by atoms with Gasteiger partial charge in [0, 0.05) is 44.1 Å². The highest BCUT2D eigenvalue weighted by Crippen LogP contribution is 2.28. The summed E-state index contributed by atoms with van der Waals surface area (Å²) in [7, 11) is 0. The van der Waals surface area contributed by atoms with Gasteiger partial charge in [0.05, 0.1) is 6.61 Å². The van der Waals surface area contributed by atoms with Gasteiger partial charge in [-0.3, -0.25) is 9.59 Å². The first-order chi connectivity index (χ1) is 14.7. The Morgan fingerprint density at radius 1 is 0.867 bits per heavy atom. The van der Waals surface area contributed by atoms with Crippen LogP contribution in [0.4, 0.5) is 0 Å². The number of ether oxygens (including phenoxy) is 1. The van der Waals surface area contributed by atoms with Crippen molar-refractivity contribution in [3.05, 3.63) is 29.8 Å². The molecule has 0 spiro atoms. The first-order valence-electron chi connectivity index (χ1n) is 12.0. The summed E-state index contributed by atoms with van der Waals surface area (Å²) in [6.07, 6.45) is 11.4. The second kappa shape index (κ2) is 10.3. The Hall–Kier alpha value is -2.04. The quantitative estimate of drug-likeness (QED) is 0.691. The van der Waals surface area contributed by atoms with Crippen molar-refractivity contribution < 1.29 is 14.3 Å². The van der Waals surface area contributed by atoms with Gasteiger partial charge in [0.2, 0.25) is 5.91 Å². The van der Waals surface area contributed by atoms with E-state index < -0.39 is 0 Å². The summed E-state index contributed by atoms with van der Waals surface area (Å²) in [6.45, 7) is 4.02. The van der Waals surface area contributed by atoms with E-state index in [1.165, 1.54) is 32.1 Å². The standard InChI is InChI=1S/C25H36N2O3/c28-24(16-20-8-2-1-3-9-20)27-15-7-10-21(18-27)19-30-23-12-6-11-22(17-23)25(29)26-13-4-5-14-26/h6,11-12,17,20-21H,1-5,7-10,13-16,18-19H2/t21-/m1/s1. The van der Waals surface area contributed by atoms with Crippen LogP contribution in [0.1, 0.15) is 74.6 Å². The van der Waals surface area contributed by atoms with E-state index in [-0.39, 0.29) is 5.91 Å². The van der Waals surface area contributed by atoms with Gasteiger partial charge in [0.25, 0.3) is 5.91 Å². The van der Waals surface area contributed by atoms with Gasteiger partial charge < -0.3 is 14.5 Å². The maximum absolute atomic E-state index is 12.8. The molecule has 0 bridgehead atoms. The Morgan fingerprint density at radius 2 is 1.60 bits per heavy atom. The topological polar surface area (TPSA) is 49.9 Å². The fourth-order valence-electron chi connectivity index (χ4n) is 5.23. The molecule has 1 aromatic carbocycles. The van der Waals surface area contributed by atoms with Crippen molar-refractivity contribution >= 4 is 11.8 Å². The van der Waals surface area contributed by atoms with Crippen LogP contribution < -0.4 is 4.74 Å². The first kappa shape index (κ1) is 21.2. The summed E-state index contributed by atoms with van der Waals surface area (Å²) in [6, 6.07) is 7.57. The highest BCUT2D eigenvalue weighted by atomic mass is 16.5. The van der Waals surface area contributed by atoms with Gasteiger partial charge in [0.1, 0.15) is 5.75 Å². The first-order valence-corrected chi connectivity index (χ1v) is 12.0. The van der Waals surface area contributed by atoms with E-state index in [0.29, 0.717) is 29.9 Å². The number of carbonyl (C=O) groups is 2. The third-order valence-corrected chi connectivity index (χ3v) is 7.02. The molecular formula is C25H36N2O3. The van der Waals surface area contributed by atoms with Gasteiger partial charge in [-0.15, -0.1) is 0 Å². The number of carbonyl (C=O) groups excluding carboxylic acids is 2. The minimum absolute atomic E-state index is 0.107. The van der Waals surface area contributed by atoms with Crippen LogP contribution in [0.3, 0.4) is 0 Å². The molecule has 5 nitrogen and oxygen atoms in total. The van der Waals surface area contributed by atoms with Crippen molar-refractivity contribution in [2.24, 2.45) is 11.8 Å². The van der Waals surface area contributed by atoms with E-state index in [4.69, 9.17) is 4.74 Å². The molecular weight excluding hydrogens is 376 g/mol. The Labute approximate surface area is 180 Å². The lowest BCUT2D eigenvalue weighted by Gasteiger charge is -2.34. The summed E-state index contributed by atoms with van der Waals surface area (Å²) in [5.74, 6) is 2.16. The van der Waals surface area contributed by atoms with Crippen LogP contribution in [0.2, 0.25) is 0 Å². The molecule has 2 saturated heterocycles. The molecule has 30 heavy (non-hydrogen) atoms. The number of amides is 2. The van der Waals surface area contributed by atoms with Crippen LogP contribution in [-0.4, -0.2) is 54.4 Å². The molecule has 2 heterocycles. The lowest BCUT2D eigenvalue weighted by atomic mass is 9.86. The number of hydrogen-bond donors (Lipinski definition) is 0. The van der Waals surface area contributed by atoms with E-state index in [2.05, 4.69) is 4.90 Å². The zero-order chi connectivity index (χ0) is 20.8. The minimum Gasteiger partial charge on any atom is -0.493 e. The summed E-state index contributed by atoms with van der Waals surface area (Å²) < 4.78 is 6.07. The Balaban J connectivity index is 1.26. The molecule has 2 aliphatic heterocycles. The van der Waals surface area contributed by atoms with Crippen LogP contribution in [-0.2, 0) is 4.79 Å². The highest BCUT2D eigenvalue weighted by molar-refractivity contribution is 5.94. The number of nitrogens with zero attached hydrogens (tertiary/aromatic N) is 2. The molecule has 0 radical (unpaired) electrons. The van der Waals surface area contributed by atoms with E-state index >= 15 is 0 Å². The molecule has 1 atom stereocenters. The second-order valence-corrected chi connectivity index (χ2v) is 9.39. The van der Waals surface area contributed by atoms with Crippen molar-refractivity contribution in [3.8, 4) is 5.75 Å². The predicted octanol–water partition coefficient (Wildman–Crippen LogP) is 4.51. The molecule has 0 N–H and O–H groups in total. The lowest BCUT2D eigenvalue weighted by molar-refractivity contribution is -0.134. The van der Waals surface area contributed by atoms with E-state index in [1.54, 1.807) is 0 Å². The maximum atomic E-state index is 12.8. The zero-order valence-corrected chi connectivity index (χ0v) is 18.2. The summed E-state index contributed by atoms with van der Waals surface area (Å²) in [5, 5.41) is 0. The van der Waals surface area contributed by atoms with Gasteiger partial charge in [-0.2, -0.15) is 0 Å². The van der Waals surface area contributed by atoms with Gasteiger partial charge in [0.15, 0.2) is 0 Å². The maximum Gasteiger partial charge on any atom is 0.253 e. The normalized spacial score (nSPS) is 22.9. The van der Waals surface area contributed by atoms with Gasteiger partial charge in [-0.25, -0.2) is 0 Å². The molecule has 1 saturated carbocycles. The lowest BCUT2D eigenvalue weighted by Crippen LogP contribution is -2.42. The van der Waals surface area contributed by atoms with Gasteiger partial charge in [-0.1, -0.05) is 25.3 Å². The monoisotopic (exact) mass is 412 g/mol. The zero-order valence-electron chi connectivity index (χ0n) is 18.2. The minimum atomic E-state index is 0.107. The van der Waals surface area contributed by atoms with Crippen LogP contribution in [0.25, 0.3) is 0 Å². The third kappa shape index (κ3) is 5.55. The van der Waals surface area contributed by atoms with Crippen molar-refractivity contribution in [2.75, 3.05) is 32.8 Å². The van der Waals surface area contributed by atoms with Gasteiger partial charge >= 0.3 is 0 Å². The van der Waals surface area contributed by atoms with Crippen LogP contribution in [0.15, 0.2) is 24.3 Å². The fourth-order valence-corrected chi connectivity index (χ4v) is 5.23. The second-order valence-electron chi connectivity index (χ2n) is 9.39. The average Bonchev–Trinajstić information content (AvgIpc) is 3.33. The number of hydrogen-bond acceptors (Lipinski definition) is 3. The fraction of sp³-hybridized carbons (Fsp3) is 0.680. The number of piperidine rings is 1. The Kier molecular flexibility index (Phi) is 7.29. The number of benzene rings is 1. The van der Waals surface area contributed by atoms with Crippen LogP contribution in [0, 0.1) is 11.8 Å². The molecule has 3 aliphatic rings. The Bertz CT molecular complexity index is 723. The number of rotatable bonds is 6. The smallest absolute Gasteiger partial charge is 0.253 e. The summed E-state index contributed by atoms with van der Waals surface area (Å²) in [5.41, 5.74) is 0.710. The molecule has 1 aromatic rings. The molecule has 3 fully saturated rings. The van der Waals surface area contributed by atoms with Crippen molar-refractivity contribution in [3.63, 3.8) is 0 Å². The molecule has 1 aliphatic carbocycles. The Morgan fingerprint density at radius 3 is 2.40 bits per heavy atom. The molecule has 5 heteroatoms. The molecule has 0 aromatic heterocycles. The van der Waals surface area contributed by atoms with E-state index in [9.17, 15) is 9.59 Å². The van der Waals surface area contributed by atoms with E-state index in [1.807, 2.05) is 29.2 Å². The average molecular weight is 413 g/mol. The largest absolute Gasteiger partial charge is 0.493 e. The molecule has 164 valence electrons. The molecule has 2 amide bonds. The van der Waals surface area contributed by atoms with Gasteiger partial charge in [-0.05, 0) is 62.6 Å². The SMILES string of the molecule is O=C(CC1CCCCC1)N1CCC[C@@H](COc2cccc(C(=O)N3CCCC3)c2)C1. The van der Waals surface area contributed by atoms with Crippen molar-refractivity contribution in [1.82, 2.24) is 9.80 Å².